The molecule has 2 aliphatic heterocycles. The number of nitrogens with one attached hydrogen (secondary N) is 1. The minimum absolute atomic E-state index is 0.0459. The Balaban J connectivity index is 1.23. The van der Waals surface area contributed by atoms with Crippen molar-refractivity contribution in [3.63, 3.8) is 0 Å². The van der Waals surface area contributed by atoms with Crippen molar-refractivity contribution in [3.05, 3.63) is 30.2 Å². The van der Waals surface area contributed by atoms with Crippen LogP contribution in [0.2, 0.25) is 0 Å². The van der Waals surface area contributed by atoms with Crippen molar-refractivity contribution >= 4 is 22.5 Å². The number of amides is 1. The zero-order valence-electron chi connectivity index (χ0n) is 19.7. The Bertz CT molecular complexity index is 1060. The summed E-state index contributed by atoms with van der Waals surface area (Å²) in [5, 5.41) is 13.5. The van der Waals surface area contributed by atoms with Crippen molar-refractivity contribution in [2.75, 3.05) is 44.3 Å². The summed E-state index contributed by atoms with van der Waals surface area (Å²) in [6.07, 6.45) is 6.92. The molecule has 0 aromatic carbocycles. The predicted octanol–water partition coefficient (Wildman–Crippen LogP) is 1.85. The lowest BCUT2D eigenvalue weighted by Crippen LogP contribution is -2.55. The number of pyridine rings is 2. The molecule has 2 aromatic rings. The van der Waals surface area contributed by atoms with Crippen LogP contribution in [0, 0.1) is 11.3 Å². The highest BCUT2D eigenvalue weighted by molar-refractivity contribution is 5.94. The Morgan fingerprint density at radius 2 is 1.97 bits per heavy atom. The Morgan fingerprint density at radius 1 is 1.18 bits per heavy atom. The van der Waals surface area contributed by atoms with E-state index in [4.69, 9.17) is 9.47 Å². The molecule has 3 fully saturated rings. The van der Waals surface area contributed by atoms with Gasteiger partial charge in [-0.2, -0.15) is 5.26 Å². The fourth-order valence-electron chi connectivity index (χ4n) is 5.51. The van der Waals surface area contributed by atoms with Crippen molar-refractivity contribution in [1.82, 2.24) is 20.2 Å². The van der Waals surface area contributed by atoms with Crippen LogP contribution in [0.3, 0.4) is 0 Å². The lowest BCUT2D eigenvalue weighted by Gasteiger charge is -2.40. The number of fused-ring (bicyclic) bond motifs is 1. The molecule has 0 spiro atoms. The van der Waals surface area contributed by atoms with Crippen molar-refractivity contribution in [1.29, 1.82) is 5.26 Å². The Kier molecular flexibility index (Phi) is 6.90. The van der Waals surface area contributed by atoms with Crippen molar-refractivity contribution in [3.8, 4) is 6.07 Å². The molecule has 1 amide bonds. The quantitative estimate of drug-likeness (QED) is 0.731. The number of morpholine rings is 2. The smallest absolute Gasteiger partial charge is 0.251 e. The van der Waals surface area contributed by atoms with Gasteiger partial charge in [0.25, 0.3) is 5.91 Å². The van der Waals surface area contributed by atoms with Gasteiger partial charge < -0.3 is 19.7 Å². The van der Waals surface area contributed by atoms with Gasteiger partial charge in [0.1, 0.15) is 11.6 Å². The normalized spacial score (nSPS) is 28.4. The van der Waals surface area contributed by atoms with Crippen LogP contribution in [0.1, 0.15) is 38.3 Å². The van der Waals surface area contributed by atoms with E-state index in [1.165, 1.54) is 0 Å². The van der Waals surface area contributed by atoms with Crippen LogP contribution >= 0.6 is 0 Å². The molecule has 9 nitrogen and oxygen atoms in total. The monoisotopic (exact) mass is 464 g/mol. The molecule has 1 N–H and O–H groups in total. The molecule has 0 unspecified atom stereocenters. The molecule has 2 aromatic heterocycles. The van der Waals surface area contributed by atoms with Gasteiger partial charge in [0, 0.05) is 43.3 Å². The lowest BCUT2D eigenvalue weighted by atomic mass is 9.89. The number of carbonyl (C=O) groups excluding carboxylic acids is 1. The van der Waals surface area contributed by atoms with Gasteiger partial charge in [-0.3, -0.25) is 14.7 Å². The SMILES string of the molecule is C[C@@H]1CN(c2cnc(C#N)c3ncccc23)C[C@H](C(=O)NC2CCC(N3CCOCC3)CC2)O1. The zero-order chi connectivity index (χ0) is 23.5. The molecule has 5 rings (SSSR count). The molecule has 180 valence electrons. The summed E-state index contributed by atoms with van der Waals surface area (Å²) in [5.74, 6) is -0.0459. The summed E-state index contributed by atoms with van der Waals surface area (Å²) in [6, 6.07) is 6.71. The first-order valence-corrected chi connectivity index (χ1v) is 12.3. The standard InChI is InChI=1S/C25H32N6O3/c1-17-15-31(22-14-28-21(13-26)24-20(22)3-2-8-27-24)16-23(34-17)25(32)29-18-4-6-19(7-5-18)30-9-11-33-12-10-30/h2-3,8,14,17-19,23H,4-7,9-12,15-16H2,1H3,(H,29,32)/t17-,18?,19?,23-/m1/s1. The summed E-state index contributed by atoms with van der Waals surface area (Å²) in [4.78, 5) is 26.5. The minimum Gasteiger partial charge on any atom is -0.379 e. The molecule has 2 saturated heterocycles. The Hall–Kier alpha value is -2.80. The van der Waals surface area contributed by atoms with Gasteiger partial charge in [0.2, 0.25) is 0 Å². The van der Waals surface area contributed by atoms with Crippen molar-refractivity contribution < 1.29 is 14.3 Å². The van der Waals surface area contributed by atoms with E-state index in [2.05, 4.69) is 31.2 Å². The number of nitrogens with zero attached hydrogens (tertiary/aromatic N) is 5. The second-order valence-corrected chi connectivity index (χ2v) is 9.51. The molecule has 0 radical (unpaired) electrons. The average Bonchev–Trinajstić information content (AvgIpc) is 2.88. The molecule has 34 heavy (non-hydrogen) atoms. The van der Waals surface area contributed by atoms with E-state index in [1.54, 1.807) is 12.4 Å². The number of anilines is 1. The van der Waals surface area contributed by atoms with Crippen LogP contribution in [0.15, 0.2) is 24.5 Å². The summed E-state index contributed by atoms with van der Waals surface area (Å²) < 4.78 is 11.5. The number of rotatable bonds is 4. The number of ether oxygens (including phenoxy) is 2. The zero-order valence-corrected chi connectivity index (χ0v) is 19.7. The first-order chi connectivity index (χ1) is 16.6. The minimum atomic E-state index is -0.553. The maximum atomic E-state index is 13.2. The molecule has 3 aliphatic rings. The second-order valence-electron chi connectivity index (χ2n) is 9.51. The Labute approximate surface area is 200 Å². The first-order valence-electron chi connectivity index (χ1n) is 12.3. The molecule has 2 atom stereocenters. The van der Waals surface area contributed by atoms with Crippen molar-refractivity contribution in [2.24, 2.45) is 0 Å². The molecule has 1 aliphatic carbocycles. The topological polar surface area (TPSA) is 104 Å². The second kappa shape index (κ2) is 10.2. The van der Waals surface area contributed by atoms with Gasteiger partial charge in [-0.05, 0) is 44.7 Å². The van der Waals surface area contributed by atoms with Gasteiger partial charge in [0.15, 0.2) is 11.8 Å². The van der Waals surface area contributed by atoms with Crippen molar-refractivity contribution in [2.45, 2.75) is 56.9 Å². The largest absolute Gasteiger partial charge is 0.379 e. The van der Waals surface area contributed by atoms with E-state index in [-0.39, 0.29) is 18.1 Å². The maximum Gasteiger partial charge on any atom is 0.251 e. The third kappa shape index (κ3) is 4.85. The number of aromatic nitrogens is 2. The van der Waals surface area contributed by atoms with E-state index < -0.39 is 6.10 Å². The number of nitriles is 1. The van der Waals surface area contributed by atoms with Gasteiger partial charge >= 0.3 is 0 Å². The van der Waals surface area contributed by atoms with E-state index >= 15 is 0 Å². The highest BCUT2D eigenvalue weighted by Gasteiger charge is 2.34. The van der Waals surface area contributed by atoms with Crippen LogP contribution in [0.25, 0.3) is 10.9 Å². The third-order valence-corrected chi connectivity index (χ3v) is 7.23. The average molecular weight is 465 g/mol. The van der Waals surface area contributed by atoms with Gasteiger partial charge in [-0.25, -0.2) is 4.98 Å². The van der Waals surface area contributed by atoms with Crippen LogP contribution in [-0.2, 0) is 14.3 Å². The molecule has 1 saturated carbocycles. The van der Waals surface area contributed by atoms with Crippen LogP contribution < -0.4 is 10.2 Å². The fourth-order valence-corrected chi connectivity index (χ4v) is 5.51. The highest BCUT2D eigenvalue weighted by Crippen LogP contribution is 2.29. The molecular weight excluding hydrogens is 432 g/mol. The van der Waals surface area contributed by atoms with E-state index in [0.29, 0.717) is 30.3 Å². The lowest BCUT2D eigenvalue weighted by molar-refractivity contribution is -0.138. The van der Waals surface area contributed by atoms with E-state index in [9.17, 15) is 10.1 Å². The van der Waals surface area contributed by atoms with Gasteiger partial charge in [-0.15, -0.1) is 0 Å². The highest BCUT2D eigenvalue weighted by atomic mass is 16.5. The van der Waals surface area contributed by atoms with E-state index in [1.807, 2.05) is 19.1 Å². The summed E-state index contributed by atoms with van der Waals surface area (Å²) in [6.45, 7) is 6.74. The molecule has 4 heterocycles. The molecule has 9 heteroatoms. The number of hydrogen-bond acceptors (Lipinski definition) is 8. The summed E-state index contributed by atoms with van der Waals surface area (Å²) in [5.41, 5.74) is 1.77. The van der Waals surface area contributed by atoms with E-state index in [0.717, 1.165) is 63.1 Å². The molecule has 0 bridgehead atoms. The van der Waals surface area contributed by atoms with Crippen LogP contribution in [0.5, 0.6) is 0 Å². The summed E-state index contributed by atoms with van der Waals surface area (Å²) in [7, 11) is 0. The van der Waals surface area contributed by atoms with Gasteiger partial charge in [-0.1, -0.05) is 0 Å². The maximum absolute atomic E-state index is 13.2. The summed E-state index contributed by atoms with van der Waals surface area (Å²) >= 11 is 0. The number of carbonyl (C=O) groups is 1. The molecular formula is C25H32N6O3. The van der Waals surface area contributed by atoms with Crippen LogP contribution in [0.4, 0.5) is 5.69 Å². The first kappa shape index (κ1) is 23.0. The number of hydrogen-bond donors (Lipinski definition) is 1. The fraction of sp³-hybridized carbons (Fsp3) is 0.600. The van der Waals surface area contributed by atoms with Gasteiger partial charge in [0.05, 0.1) is 37.7 Å². The van der Waals surface area contributed by atoms with Crippen LogP contribution in [-0.4, -0.2) is 84.5 Å². The Morgan fingerprint density at radius 3 is 2.74 bits per heavy atom. The predicted molar refractivity (Wildman–Crippen MR) is 127 cm³/mol. The third-order valence-electron chi connectivity index (χ3n) is 7.23.